The van der Waals surface area contributed by atoms with Crippen molar-refractivity contribution in [2.45, 2.75) is 19.1 Å². The maximum absolute atomic E-state index is 11.0. The molecule has 2 rings (SSSR count). The molecule has 0 aromatic carbocycles. The van der Waals surface area contributed by atoms with Crippen molar-refractivity contribution in [3.05, 3.63) is 27.9 Å². The number of hydrogen-bond donors (Lipinski definition) is 2. The minimum atomic E-state index is -0.408. The Hall–Kier alpha value is -1.73. The molecule has 2 N–H and O–H groups in total. The number of nitrogens with one attached hydrogen (secondary N) is 2. The highest BCUT2D eigenvalue weighted by molar-refractivity contribution is 5.60. The summed E-state index contributed by atoms with van der Waals surface area (Å²) >= 11 is 0. The Morgan fingerprint density at radius 2 is 2.39 bits per heavy atom. The molecule has 2 atom stereocenters. The van der Waals surface area contributed by atoms with Crippen LogP contribution >= 0.6 is 0 Å². The number of anilines is 1. The van der Waals surface area contributed by atoms with Gasteiger partial charge in [0.15, 0.2) is 0 Å². The van der Waals surface area contributed by atoms with Crippen molar-refractivity contribution in [1.29, 1.82) is 0 Å². The fraction of sp³-hybridized carbons (Fsp3) is 0.545. The maximum Gasteiger partial charge on any atom is 0.314 e. The van der Waals surface area contributed by atoms with Gasteiger partial charge in [0, 0.05) is 32.0 Å². The van der Waals surface area contributed by atoms with E-state index in [0.29, 0.717) is 17.9 Å². The molecule has 1 aromatic rings. The summed E-state index contributed by atoms with van der Waals surface area (Å²) in [4.78, 5) is 14.7. The van der Waals surface area contributed by atoms with Gasteiger partial charge in [0.1, 0.15) is 0 Å². The summed E-state index contributed by atoms with van der Waals surface area (Å²) in [6.07, 6.45) is 1.56. The van der Waals surface area contributed by atoms with Crippen molar-refractivity contribution in [1.82, 2.24) is 10.3 Å². The smallest absolute Gasteiger partial charge is 0.314 e. The molecule has 1 saturated heterocycles. The minimum absolute atomic E-state index is 0.00748. The molecular weight excluding hydrogens is 236 g/mol. The Labute approximate surface area is 105 Å². The highest BCUT2D eigenvalue weighted by Gasteiger charge is 2.29. The lowest BCUT2D eigenvalue weighted by Gasteiger charge is -2.19. The average molecular weight is 252 g/mol. The number of hydrogen-bond acceptors (Lipinski definition) is 6. The van der Waals surface area contributed by atoms with Crippen LogP contribution in [0.1, 0.15) is 5.56 Å². The lowest BCUT2D eigenvalue weighted by Crippen LogP contribution is -2.34. The van der Waals surface area contributed by atoms with Crippen LogP contribution in [-0.4, -0.2) is 42.3 Å². The predicted molar refractivity (Wildman–Crippen MR) is 66.7 cm³/mol. The van der Waals surface area contributed by atoms with Crippen LogP contribution in [0.4, 0.5) is 11.5 Å². The Kier molecular flexibility index (Phi) is 3.73. The van der Waals surface area contributed by atoms with E-state index in [2.05, 4.69) is 15.6 Å². The van der Waals surface area contributed by atoms with Crippen LogP contribution in [0.15, 0.2) is 12.3 Å². The van der Waals surface area contributed by atoms with Crippen LogP contribution in [0, 0.1) is 17.0 Å². The number of methoxy groups -OCH3 is 1. The van der Waals surface area contributed by atoms with E-state index in [1.165, 1.54) is 0 Å². The molecule has 0 bridgehead atoms. The number of pyridine rings is 1. The van der Waals surface area contributed by atoms with Crippen molar-refractivity contribution in [2.24, 2.45) is 0 Å². The van der Waals surface area contributed by atoms with Gasteiger partial charge < -0.3 is 15.4 Å². The normalized spacial score (nSPS) is 23.0. The molecule has 0 amide bonds. The van der Waals surface area contributed by atoms with Gasteiger partial charge in [-0.3, -0.25) is 10.1 Å². The second kappa shape index (κ2) is 5.28. The molecule has 7 heteroatoms. The summed E-state index contributed by atoms with van der Waals surface area (Å²) < 4.78 is 5.30. The van der Waals surface area contributed by atoms with E-state index in [4.69, 9.17) is 4.74 Å². The Morgan fingerprint density at radius 3 is 3.06 bits per heavy atom. The molecule has 0 saturated carbocycles. The third kappa shape index (κ3) is 2.41. The fourth-order valence-electron chi connectivity index (χ4n) is 2.11. The van der Waals surface area contributed by atoms with Crippen LogP contribution in [-0.2, 0) is 4.74 Å². The molecule has 0 aliphatic carbocycles. The summed E-state index contributed by atoms with van der Waals surface area (Å²) in [6.45, 7) is 3.13. The van der Waals surface area contributed by atoms with Gasteiger partial charge in [0.25, 0.3) is 0 Å². The number of rotatable bonds is 4. The number of nitrogens with zero attached hydrogens (tertiary/aromatic N) is 2. The first-order valence-electron chi connectivity index (χ1n) is 5.73. The summed E-state index contributed by atoms with van der Waals surface area (Å²) in [5, 5.41) is 17.3. The lowest BCUT2D eigenvalue weighted by molar-refractivity contribution is -0.384. The summed E-state index contributed by atoms with van der Waals surface area (Å²) in [5.41, 5.74) is 0.622. The summed E-state index contributed by atoms with van der Waals surface area (Å²) in [6, 6.07) is 1.62. The van der Waals surface area contributed by atoms with Crippen molar-refractivity contribution in [3.8, 4) is 0 Å². The van der Waals surface area contributed by atoms with Crippen LogP contribution in [0.25, 0.3) is 0 Å². The van der Waals surface area contributed by atoms with Gasteiger partial charge in [-0.1, -0.05) is 0 Å². The van der Waals surface area contributed by atoms with E-state index >= 15 is 0 Å². The number of ether oxygens (including phenoxy) is 1. The van der Waals surface area contributed by atoms with Crippen LogP contribution in [0.2, 0.25) is 0 Å². The molecule has 18 heavy (non-hydrogen) atoms. The zero-order chi connectivity index (χ0) is 13.1. The molecule has 1 aromatic heterocycles. The van der Waals surface area contributed by atoms with E-state index in [1.807, 2.05) is 0 Å². The van der Waals surface area contributed by atoms with Crippen molar-refractivity contribution < 1.29 is 9.66 Å². The van der Waals surface area contributed by atoms with Crippen LogP contribution < -0.4 is 10.6 Å². The first-order valence-corrected chi connectivity index (χ1v) is 5.73. The predicted octanol–water partition coefficient (Wildman–Crippen LogP) is 0.697. The van der Waals surface area contributed by atoms with E-state index in [9.17, 15) is 10.1 Å². The fourth-order valence-corrected chi connectivity index (χ4v) is 2.11. The van der Waals surface area contributed by atoms with Gasteiger partial charge in [-0.05, 0) is 13.0 Å². The van der Waals surface area contributed by atoms with Crippen molar-refractivity contribution >= 4 is 11.5 Å². The second-order valence-electron chi connectivity index (χ2n) is 4.27. The molecule has 0 radical (unpaired) electrons. The molecule has 1 aliphatic heterocycles. The first kappa shape index (κ1) is 12.7. The van der Waals surface area contributed by atoms with Gasteiger partial charge in [-0.15, -0.1) is 0 Å². The monoisotopic (exact) mass is 252 g/mol. The van der Waals surface area contributed by atoms with E-state index in [0.717, 1.165) is 6.54 Å². The SMILES string of the molecule is CO[C@H]1CNCC1Nc1nccc(C)c1[N+](=O)[O-]. The minimum Gasteiger partial charge on any atom is -0.378 e. The third-order valence-electron chi connectivity index (χ3n) is 3.09. The summed E-state index contributed by atoms with van der Waals surface area (Å²) in [7, 11) is 1.63. The van der Waals surface area contributed by atoms with E-state index in [-0.39, 0.29) is 17.8 Å². The van der Waals surface area contributed by atoms with Gasteiger partial charge in [0.05, 0.1) is 17.1 Å². The molecule has 0 spiro atoms. The molecule has 7 nitrogen and oxygen atoms in total. The van der Waals surface area contributed by atoms with Crippen molar-refractivity contribution in [2.75, 3.05) is 25.5 Å². The maximum atomic E-state index is 11.0. The summed E-state index contributed by atoms with van der Waals surface area (Å²) in [5.74, 6) is 0.302. The number of nitro groups is 1. The van der Waals surface area contributed by atoms with E-state index in [1.54, 1.807) is 26.3 Å². The highest BCUT2D eigenvalue weighted by Crippen LogP contribution is 2.26. The van der Waals surface area contributed by atoms with Gasteiger partial charge in [-0.2, -0.15) is 0 Å². The quantitative estimate of drug-likeness (QED) is 0.605. The van der Waals surface area contributed by atoms with Crippen LogP contribution in [0.3, 0.4) is 0 Å². The van der Waals surface area contributed by atoms with E-state index < -0.39 is 4.92 Å². The zero-order valence-corrected chi connectivity index (χ0v) is 10.3. The molecule has 1 unspecified atom stereocenters. The first-order chi connectivity index (χ1) is 8.63. The highest BCUT2D eigenvalue weighted by atomic mass is 16.6. The molecule has 2 heterocycles. The second-order valence-corrected chi connectivity index (χ2v) is 4.27. The van der Waals surface area contributed by atoms with Gasteiger partial charge >= 0.3 is 5.69 Å². The third-order valence-corrected chi connectivity index (χ3v) is 3.09. The molecule has 98 valence electrons. The van der Waals surface area contributed by atoms with Gasteiger partial charge in [-0.25, -0.2) is 4.98 Å². The number of aryl methyl sites for hydroxylation is 1. The lowest BCUT2D eigenvalue weighted by atomic mass is 10.2. The Bertz CT molecular complexity index is 452. The molecule has 1 aliphatic rings. The molecular formula is C11H16N4O3. The van der Waals surface area contributed by atoms with Crippen LogP contribution in [0.5, 0.6) is 0 Å². The Morgan fingerprint density at radius 1 is 1.61 bits per heavy atom. The topological polar surface area (TPSA) is 89.3 Å². The largest absolute Gasteiger partial charge is 0.378 e. The standard InChI is InChI=1S/C11H16N4O3/c1-7-3-4-13-11(10(7)15(16)17)14-8-5-12-6-9(8)18-2/h3-4,8-9,12H,5-6H2,1-2H3,(H,13,14)/t8?,9-/m0/s1. The Balaban J connectivity index is 2.23. The van der Waals surface area contributed by atoms with Gasteiger partial charge in [0.2, 0.25) is 5.82 Å². The van der Waals surface area contributed by atoms with Crippen molar-refractivity contribution in [3.63, 3.8) is 0 Å². The zero-order valence-electron chi connectivity index (χ0n) is 10.3. The number of aromatic nitrogens is 1. The molecule has 1 fully saturated rings. The average Bonchev–Trinajstić information content (AvgIpc) is 2.76.